The molecule has 7 heteroatoms. The molecule has 124 valence electrons. The molecule has 1 aliphatic rings. The van der Waals surface area contributed by atoms with Crippen LogP contribution in [-0.4, -0.2) is 29.1 Å². The van der Waals surface area contributed by atoms with Gasteiger partial charge in [0, 0.05) is 25.0 Å². The van der Waals surface area contributed by atoms with Gasteiger partial charge in [-0.1, -0.05) is 12.1 Å². The van der Waals surface area contributed by atoms with Crippen molar-refractivity contribution < 1.29 is 24.0 Å². The van der Waals surface area contributed by atoms with Crippen molar-refractivity contribution in [1.29, 1.82) is 0 Å². The Morgan fingerprint density at radius 3 is 2.30 bits per heavy atom. The van der Waals surface area contributed by atoms with Gasteiger partial charge in [-0.2, -0.15) is 0 Å². The van der Waals surface area contributed by atoms with Gasteiger partial charge < -0.3 is 9.47 Å². The highest BCUT2D eigenvalue weighted by Crippen LogP contribution is 2.27. The quantitative estimate of drug-likeness (QED) is 0.472. The van der Waals surface area contributed by atoms with E-state index < -0.39 is 16.8 Å². The summed E-state index contributed by atoms with van der Waals surface area (Å²) in [6.07, 6.45) is 0.0969. The van der Waals surface area contributed by atoms with Crippen LogP contribution in [0.2, 0.25) is 0 Å². The molecule has 0 aliphatic carbocycles. The molecule has 0 spiro atoms. The normalized spacial score (nSPS) is 26.1. The highest BCUT2D eigenvalue weighted by atomic mass is 16.6. The first kappa shape index (κ1) is 16.9. The fourth-order valence-corrected chi connectivity index (χ4v) is 2.64. The molecule has 7 nitrogen and oxygen atoms in total. The topological polar surface area (TPSA) is 95.7 Å². The van der Waals surface area contributed by atoms with Gasteiger partial charge in [0.25, 0.3) is 5.69 Å². The third-order valence-electron chi connectivity index (χ3n) is 3.74. The zero-order valence-electron chi connectivity index (χ0n) is 13.1. The Morgan fingerprint density at radius 2 is 1.70 bits per heavy atom. The zero-order chi connectivity index (χ0) is 17.0. The number of nitrogens with zero attached hydrogens (tertiary/aromatic N) is 1. The summed E-state index contributed by atoms with van der Waals surface area (Å²) >= 11 is 0. The Morgan fingerprint density at radius 1 is 1.09 bits per heavy atom. The van der Waals surface area contributed by atoms with Crippen LogP contribution < -0.4 is 0 Å². The molecule has 1 aromatic rings. The summed E-state index contributed by atoms with van der Waals surface area (Å²) in [7, 11) is 0. The number of esters is 2. The van der Waals surface area contributed by atoms with Crippen LogP contribution in [0.4, 0.5) is 5.69 Å². The number of ether oxygens (including phenoxy) is 2. The lowest BCUT2D eigenvalue weighted by Gasteiger charge is -2.24. The monoisotopic (exact) mass is 321 g/mol. The molecule has 0 radical (unpaired) electrons. The molecule has 2 rings (SSSR count). The minimum Gasteiger partial charge on any atom is -0.463 e. The number of non-ortho nitro benzene ring substituents is 1. The Hall–Kier alpha value is -2.44. The van der Waals surface area contributed by atoms with Gasteiger partial charge in [0.05, 0.1) is 10.8 Å². The largest absolute Gasteiger partial charge is 0.463 e. The lowest BCUT2D eigenvalue weighted by atomic mass is 9.93. The predicted octanol–water partition coefficient (Wildman–Crippen LogP) is 2.73. The van der Waals surface area contributed by atoms with Crippen LogP contribution in [0.3, 0.4) is 0 Å². The van der Waals surface area contributed by atoms with Crippen molar-refractivity contribution in [2.24, 2.45) is 0 Å². The van der Waals surface area contributed by atoms with E-state index in [1.807, 2.05) is 0 Å². The third kappa shape index (κ3) is 4.51. The molecule has 1 aromatic carbocycles. The summed E-state index contributed by atoms with van der Waals surface area (Å²) in [6.45, 7) is 3.51. The first-order valence-corrected chi connectivity index (χ1v) is 7.51. The molecule has 0 saturated carbocycles. The Balaban J connectivity index is 2.21. The number of benzene rings is 1. The zero-order valence-corrected chi connectivity index (χ0v) is 13.1. The number of nitro groups is 1. The molecule has 1 aliphatic heterocycles. The van der Waals surface area contributed by atoms with Gasteiger partial charge in [-0.3, -0.25) is 19.7 Å². The minimum absolute atomic E-state index is 0.0522. The molecular formula is C16H19NO6. The lowest BCUT2D eigenvalue weighted by Crippen LogP contribution is -2.28. The molecule has 0 amide bonds. The molecule has 23 heavy (non-hydrogen) atoms. The third-order valence-corrected chi connectivity index (χ3v) is 3.74. The van der Waals surface area contributed by atoms with Gasteiger partial charge in [0.2, 0.25) is 0 Å². The Kier molecular flexibility index (Phi) is 5.31. The highest BCUT2D eigenvalue weighted by Gasteiger charge is 2.28. The Bertz CT molecular complexity index is 597. The number of carbonyl (C=O) groups is 2. The van der Waals surface area contributed by atoms with Gasteiger partial charge >= 0.3 is 11.9 Å². The van der Waals surface area contributed by atoms with Crippen LogP contribution >= 0.6 is 0 Å². The second kappa shape index (κ2) is 7.21. The highest BCUT2D eigenvalue weighted by molar-refractivity contribution is 5.79. The first-order chi connectivity index (χ1) is 10.9. The van der Waals surface area contributed by atoms with Gasteiger partial charge in [-0.15, -0.1) is 0 Å². The van der Waals surface area contributed by atoms with Crippen molar-refractivity contribution in [3.05, 3.63) is 39.9 Å². The number of carbonyl (C=O) groups excluding carboxylic acids is 2. The molecule has 1 heterocycles. The average molecular weight is 321 g/mol. The van der Waals surface area contributed by atoms with Crippen LogP contribution in [-0.2, 0) is 19.1 Å². The number of cyclic esters (lactones) is 2. The SMILES string of the molecule is C[C@@H]1C[C@H](C)OC(=O)[C@@H](c2ccc([N+](=O)[O-])cc2)CCC(=O)O1. The summed E-state index contributed by atoms with van der Waals surface area (Å²) in [5, 5.41) is 10.7. The number of hydrogen-bond donors (Lipinski definition) is 0. The molecule has 0 unspecified atom stereocenters. The lowest BCUT2D eigenvalue weighted by molar-refractivity contribution is -0.384. The maximum Gasteiger partial charge on any atom is 0.313 e. The van der Waals surface area contributed by atoms with Gasteiger partial charge in [0.15, 0.2) is 0 Å². The van der Waals surface area contributed by atoms with Crippen molar-refractivity contribution in [2.45, 2.75) is 51.2 Å². The van der Waals surface area contributed by atoms with E-state index in [-0.39, 0.29) is 36.7 Å². The van der Waals surface area contributed by atoms with E-state index in [9.17, 15) is 19.7 Å². The summed E-state index contributed by atoms with van der Waals surface area (Å²) < 4.78 is 10.7. The summed E-state index contributed by atoms with van der Waals surface area (Å²) in [4.78, 5) is 34.4. The van der Waals surface area contributed by atoms with E-state index in [1.165, 1.54) is 24.3 Å². The molecule has 1 fully saturated rings. The van der Waals surface area contributed by atoms with Crippen LogP contribution in [0.5, 0.6) is 0 Å². The van der Waals surface area contributed by atoms with Crippen molar-refractivity contribution in [2.75, 3.05) is 0 Å². The maximum atomic E-state index is 12.4. The molecular weight excluding hydrogens is 302 g/mol. The smallest absolute Gasteiger partial charge is 0.313 e. The molecule has 0 bridgehead atoms. The number of nitro benzene ring substituents is 1. The number of hydrogen-bond acceptors (Lipinski definition) is 6. The van der Waals surface area contributed by atoms with E-state index in [4.69, 9.17) is 9.47 Å². The van der Waals surface area contributed by atoms with Gasteiger partial charge in [0.1, 0.15) is 12.2 Å². The molecule has 0 N–H and O–H groups in total. The maximum absolute atomic E-state index is 12.4. The van der Waals surface area contributed by atoms with Gasteiger partial charge in [-0.05, 0) is 25.8 Å². The van der Waals surface area contributed by atoms with E-state index in [0.29, 0.717) is 12.0 Å². The molecule has 1 saturated heterocycles. The van der Waals surface area contributed by atoms with E-state index in [0.717, 1.165) is 0 Å². The average Bonchev–Trinajstić information content (AvgIpc) is 2.46. The van der Waals surface area contributed by atoms with Crippen LogP contribution in [0.15, 0.2) is 24.3 Å². The van der Waals surface area contributed by atoms with Crippen LogP contribution in [0.25, 0.3) is 0 Å². The first-order valence-electron chi connectivity index (χ1n) is 7.51. The fourth-order valence-electron chi connectivity index (χ4n) is 2.64. The summed E-state index contributed by atoms with van der Waals surface area (Å²) in [6, 6.07) is 5.72. The minimum atomic E-state index is -0.640. The van der Waals surface area contributed by atoms with E-state index >= 15 is 0 Å². The second-order valence-electron chi connectivity index (χ2n) is 5.72. The van der Waals surface area contributed by atoms with E-state index in [2.05, 4.69) is 0 Å². The molecule has 0 aromatic heterocycles. The molecule has 3 atom stereocenters. The predicted molar refractivity (Wildman–Crippen MR) is 80.8 cm³/mol. The summed E-state index contributed by atoms with van der Waals surface area (Å²) in [5.41, 5.74) is 0.540. The second-order valence-corrected chi connectivity index (χ2v) is 5.72. The Labute approximate surface area is 133 Å². The van der Waals surface area contributed by atoms with Crippen LogP contribution in [0, 0.1) is 10.1 Å². The standard InChI is InChI=1S/C16H19NO6/c1-10-9-11(2)23-16(19)14(7-8-15(18)22-10)12-3-5-13(6-4-12)17(20)21/h3-6,10-11,14H,7-9H2,1-2H3/t10-,11+,14-/m1/s1. The van der Waals surface area contributed by atoms with E-state index in [1.54, 1.807) is 13.8 Å². The van der Waals surface area contributed by atoms with Gasteiger partial charge in [-0.25, -0.2) is 0 Å². The fraction of sp³-hybridized carbons (Fsp3) is 0.500. The van der Waals surface area contributed by atoms with Crippen LogP contribution in [0.1, 0.15) is 44.6 Å². The number of rotatable bonds is 2. The van der Waals surface area contributed by atoms with Crippen molar-refractivity contribution in [3.8, 4) is 0 Å². The summed E-state index contributed by atoms with van der Waals surface area (Å²) in [5.74, 6) is -1.42. The van der Waals surface area contributed by atoms with Crippen molar-refractivity contribution in [1.82, 2.24) is 0 Å². The van der Waals surface area contributed by atoms with Crippen molar-refractivity contribution >= 4 is 17.6 Å². The van der Waals surface area contributed by atoms with Crippen molar-refractivity contribution in [3.63, 3.8) is 0 Å².